The maximum absolute atomic E-state index is 12.6. The SMILES string of the molecule is CC(C[N+]1(c2ccccc2)CNC(=O)c2ccccc21)N1CCN(c2ccc(Cl)cc2)CC1. The Morgan fingerprint density at radius 3 is 2.30 bits per heavy atom. The summed E-state index contributed by atoms with van der Waals surface area (Å²) in [6.07, 6.45) is 0. The molecule has 0 aliphatic carbocycles. The van der Waals surface area contributed by atoms with Gasteiger partial charge in [0.1, 0.15) is 17.8 Å². The second kappa shape index (κ2) is 9.18. The minimum atomic E-state index is 0.0134. The van der Waals surface area contributed by atoms with E-state index in [1.165, 1.54) is 11.4 Å². The number of para-hydroxylation sites is 2. The van der Waals surface area contributed by atoms with Crippen molar-refractivity contribution in [3.63, 3.8) is 0 Å². The lowest BCUT2D eigenvalue weighted by Gasteiger charge is -2.46. The number of anilines is 1. The Morgan fingerprint density at radius 1 is 0.909 bits per heavy atom. The minimum Gasteiger partial charge on any atom is -0.369 e. The average molecular weight is 462 g/mol. The molecule has 33 heavy (non-hydrogen) atoms. The summed E-state index contributed by atoms with van der Waals surface area (Å²) in [5.41, 5.74) is 4.29. The van der Waals surface area contributed by atoms with Crippen LogP contribution in [0.2, 0.25) is 5.02 Å². The zero-order valence-electron chi connectivity index (χ0n) is 19.0. The first-order chi connectivity index (χ1) is 16.1. The first-order valence-corrected chi connectivity index (χ1v) is 12.0. The molecule has 0 spiro atoms. The van der Waals surface area contributed by atoms with Crippen LogP contribution in [-0.4, -0.2) is 56.2 Å². The van der Waals surface area contributed by atoms with E-state index in [4.69, 9.17) is 11.6 Å². The van der Waals surface area contributed by atoms with Crippen molar-refractivity contribution in [2.45, 2.75) is 13.0 Å². The number of benzene rings is 3. The molecular formula is C27H30ClN4O+. The first kappa shape index (κ1) is 22.0. The monoisotopic (exact) mass is 461 g/mol. The molecule has 0 bridgehead atoms. The molecule has 1 fully saturated rings. The van der Waals surface area contributed by atoms with Gasteiger partial charge >= 0.3 is 0 Å². The predicted octanol–water partition coefficient (Wildman–Crippen LogP) is 4.89. The van der Waals surface area contributed by atoms with E-state index in [2.05, 4.69) is 64.5 Å². The molecule has 0 radical (unpaired) electrons. The second-order valence-corrected chi connectivity index (χ2v) is 9.45. The van der Waals surface area contributed by atoms with E-state index in [9.17, 15) is 4.79 Å². The second-order valence-electron chi connectivity index (χ2n) is 9.02. The van der Waals surface area contributed by atoms with E-state index in [1.807, 2.05) is 36.4 Å². The summed E-state index contributed by atoms with van der Waals surface area (Å²) < 4.78 is 0.626. The summed E-state index contributed by atoms with van der Waals surface area (Å²) in [7, 11) is 0. The number of quaternary nitrogens is 1. The summed E-state index contributed by atoms with van der Waals surface area (Å²) in [6.45, 7) is 7.77. The van der Waals surface area contributed by atoms with Crippen LogP contribution >= 0.6 is 11.6 Å². The summed E-state index contributed by atoms with van der Waals surface area (Å²) >= 11 is 6.06. The fourth-order valence-corrected chi connectivity index (χ4v) is 5.40. The van der Waals surface area contributed by atoms with Gasteiger partial charge in [-0.15, -0.1) is 0 Å². The molecule has 1 saturated heterocycles. The number of nitrogens with zero attached hydrogens (tertiary/aromatic N) is 3. The number of amides is 1. The molecule has 2 atom stereocenters. The van der Waals surface area contributed by atoms with E-state index in [0.717, 1.165) is 49.0 Å². The van der Waals surface area contributed by atoms with Crippen molar-refractivity contribution in [3.8, 4) is 0 Å². The fraction of sp³-hybridized carbons (Fsp3) is 0.296. The van der Waals surface area contributed by atoms with Crippen LogP contribution in [0.5, 0.6) is 0 Å². The normalized spacial score (nSPS) is 21.9. The highest BCUT2D eigenvalue weighted by Crippen LogP contribution is 2.39. The van der Waals surface area contributed by atoms with Gasteiger partial charge in [-0.05, 0) is 49.4 Å². The molecular weight excluding hydrogens is 432 g/mol. The van der Waals surface area contributed by atoms with E-state index in [0.29, 0.717) is 17.2 Å². The predicted molar refractivity (Wildman–Crippen MR) is 136 cm³/mol. The lowest BCUT2D eigenvalue weighted by Crippen LogP contribution is -2.61. The lowest BCUT2D eigenvalue weighted by molar-refractivity contribution is 0.0900. The van der Waals surface area contributed by atoms with Crippen molar-refractivity contribution in [2.24, 2.45) is 0 Å². The Balaban J connectivity index is 1.38. The van der Waals surface area contributed by atoms with Gasteiger partial charge in [0.05, 0.1) is 6.04 Å². The highest BCUT2D eigenvalue weighted by atomic mass is 35.5. The molecule has 2 heterocycles. The Hall–Kier alpha value is -2.86. The van der Waals surface area contributed by atoms with E-state index >= 15 is 0 Å². The number of rotatable bonds is 5. The fourth-order valence-electron chi connectivity index (χ4n) is 5.28. The molecule has 2 unspecified atom stereocenters. The number of halogens is 1. The lowest BCUT2D eigenvalue weighted by atomic mass is 10.0. The third kappa shape index (κ3) is 4.24. The van der Waals surface area contributed by atoms with Gasteiger partial charge in [0, 0.05) is 43.0 Å². The van der Waals surface area contributed by atoms with Crippen molar-refractivity contribution in [1.29, 1.82) is 0 Å². The van der Waals surface area contributed by atoms with Crippen LogP contribution in [0, 0.1) is 0 Å². The third-order valence-corrected chi connectivity index (χ3v) is 7.33. The number of hydrogen-bond acceptors (Lipinski definition) is 3. The van der Waals surface area contributed by atoms with Crippen LogP contribution < -0.4 is 14.7 Å². The highest BCUT2D eigenvalue weighted by molar-refractivity contribution is 6.30. The van der Waals surface area contributed by atoms with E-state index < -0.39 is 0 Å². The van der Waals surface area contributed by atoms with Gasteiger partial charge in [-0.2, -0.15) is 0 Å². The van der Waals surface area contributed by atoms with Crippen molar-refractivity contribution in [2.75, 3.05) is 44.3 Å². The Bertz CT molecular complexity index is 1110. The molecule has 2 aliphatic heterocycles. The van der Waals surface area contributed by atoms with E-state index in [-0.39, 0.29) is 5.91 Å². The summed E-state index contributed by atoms with van der Waals surface area (Å²) in [4.78, 5) is 17.6. The molecule has 5 nitrogen and oxygen atoms in total. The number of fused-ring (bicyclic) bond motifs is 1. The van der Waals surface area contributed by atoms with Crippen LogP contribution in [0.3, 0.4) is 0 Å². The highest BCUT2D eigenvalue weighted by Gasteiger charge is 2.43. The molecule has 3 aromatic rings. The van der Waals surface area contributed by atoms with Crippen LogP contribution in [0.4, 0.5) is 17.1 Å². The van der Waals surface area contributed by atoms with Gasteiger partial charge in [-0.25, -0.2) is 4.48 Å². The van der Waals surface area contributed by atoms with Gasteiger partial charge in [-0.3, -0.25) is 9.69 Å². The third-order valence-electron chi connectivity index (χ3n) is 7.08. The van der Waals surface area contributed by atoms with Crippen LogP contribution in [0.25, 0.3) is 0 Å². The summed E-state index contributed by atoms with van der Waals surface area (Å²) in [5, 5.41) is 3.94. The first-order valence-electron chi connectivity index (χ1n) is 11.6. The quantitative estimate of drug-likeness (QED) is 0.549. The number of piperazine rings is 1. The molecule has 1 amide bonds. The minimum absolute atomic E-state index is 0.0134. The number of carbonyl (C=O) groups is 1. The van der Waals surface area contributed by atoms with Crippen LogP contribution in [0.15, 0.2) is 78.9 Å². The van der Waals surface area contributed by atoms with Crippen molar-refractivity contribution >= 4 is 34.6 Å². The smallest absolute Gasteiger partial charge is 0.261 e. The van der Waals surface area contributed by atoms with Gasteiger partial charge in [-0.1, -0.05) is 41.9 Å². The van der Waals surface area contributed by atoms with Gasteiger partial charge in [0.2, 0.25) is 0 Å². The molecule has 170 valence electrons. The standard InChI is InChI=1S/C27H29ClN4O/c1-21(30-15-17-31(18-16-30)23-13-11-22(28)12-14-23)19-32(24-7-3-2-4-8-24)20-29-27(33)25-9-5-6-10-26(25)32/h2-14,21H,15-20H2,1H3/p+1. The number of nitrogens with one attached hydrogen (secondary N) is 1. The molecule has 5 rings (SSSR count). The zero-order valence-corrected chi connectivity index (χ0v) is 19.7. The molecule has 0 saturated carbocycles. The van der Waals surface area contributed by atoms with Gasteiger partial charge in [0.15, 0.2) is 12.4 Å². The molecule has 0 aromatic heterocycles. The van der Waals surface area contributed by atoms with Gasteiger partial charge in [0.25, 0.3) is 5.91 Å². The molecule has 2 aliphatic rings. The summed E-state index contributed by atoms with van der Waals surface area (Å²) in [5.74, 6) is 0.0134. The van der Waals surface area contributed by atoms with Crippen LogP contribution in [0.1, 0.15) is 17.3 Å². The van der Waals surface area contributed by atoms with Crippen molar-refractivity contribution in [3.05, 3.63) is 89.4 Å². The summed E-state index contributed by atoms with van der Waals surface area (Å²) in [6, 6.07) is 27.1. The van der Waals surface area contributed by atoms with Crippen LogP contribution in [-0.2, 0) is 0 Å². The maximum atomic E-state index is 12.6. The Kier molecular flexibility index (Phi) is 6.11. The molecule has 3 aromatic carbocycles. The number of hydrogen-bond donors (Lipinski definition) is 1. The average Bonchev–Trinajstić information content (AvgIpc) is 2.87. The Labute approximate surface area is 200 Å². The van der Waals surface area contributed by atoms with Gasteiger partial charge < -0.3 is 10.2 Å². The van der Waals surface area contributed by atoms with E-state index in [1.54, 1.807) is 0 Å². The Morgan fingerprint density at radius 2 is 1.58 bits per heavy atom. The molecule has 6 heteroatoms. The van der Waals surface area contributed by atoms with Crippen molar-refractivity contribution < 1.29 is 4.79 Å². The van der Waals surface area contributed by atoms with Crippen molar-refractivity contribution in [1.82, 2.24) is 14.7 Å². The maximum Gasteiger partial charge on any atom is 0.261 e. The largest absolute Gasteiger partial charge is 0.369 e. The zero-order chi connectivity index (χ0) is 22.8. The molecule has 1 N–H and O–H groups in total. The number of carbonyl (C=O) groups excluding carboxylic acids is 1. The topological polar surface area (TPSA) is 35.6 Å².